The second-order valence-electron chi connectivity index (χ2n) is 5.94. The summed E-state index contributed by atoms with van der Waals surface area (Å²) in [5, 5.41) is 12.4. The lowest BCUT2D eigenvalue weighted by atomic mass is 10.0. The van der Waals surface area contributed by atoms with E-state index in [1.165, 1.54) is 11.1 Å². The molecule has 0 saturated heterocycles. The van der Waals surface area contributed by atoms with Crippen molar-refractivity contribution in [3.8, 4) is 5.75 Å². The van der Waals surface area contributed by atoms with Gasteiger partial charge in [0, 0.05) is 12.2 Å². The van der Waals surface area contributed by atoms with Gasteiger partial charge in [-0.2, -0.15) is 0 Å². The van der Waals surface area contributed by atoms with Gasteiger partial charge in [0.05, 0.1) is 0 Å². The molecule has 0 atom stereocenters. The molecular weight excluding hydrogens is 286 g/mol. The van der Waals surface area contributed by atoms with E-state index >= 15 is 0 Å². The van der Waals surface area contributed by atoms with Crippen LogP contribution in [0.1, 0.15) is 37.3 Å². The summed E-state index contributed by atoms with van der Waals surface area (Å²) in [6, 6.07) is 15.5. The van der Waals surface area contributed by atoms with Crippen molar-refractivity contribution < 1.29 is 5.11 Å². The van der Waals surface area contributed by atoms with Crippen molar-refractivity contribution in [2.45, 2.75) is 32.6 Å². The Labute approximate surface area is 138 Å². The molecule has 0 heterocycles. The van der Waals surface area contributed by atoms with Gasteiger partial charge in [0.15, 0.2) is 5.96 Å². The topological polar surface area (TPSA) is 70.6 Å². The highest BCUT2D eigenvalue weighted by molar-refractivity contribution is 5.92. The molecule has 0 aromatic heterocycles. The predicted octanol–water partition coefficient (Wildman–Crippen LogP) is 3.88. The molecule has 122 valence electrons. The SMILES string of the molecule is CC(C)c1cccc(NC(N)=NCCCc2ccc(O)cc2)c1. The number of guanidine groups is 1. The number of aliphatic imine (C=N–C) groups is 1. The van der Waals surface area contributed by atoms with Crippen molar-refractivity contribution in [1.82, 2.24) is 0 Å². The molecule has 2 rings (SSSR count). The molecule has 0 radical (unpaired) electrons. The first-order valence-electron chi connectivity index (χ1n) is 7.99. The summed E-state index contributed by atoms with van der Waals surface area (Å²) in [5.41, 5.74) is 9.37. The Morgan fingerprint density at radius 1 is 1.17 bits per heavy atom. The Morgan fingerprint density at radius 2 is 1.91 bits per heavy atom. The molecule has 0 aliphatic heterocycles. The minimum Gasteiger partial charge on any atom is -0.508 e. The summed E-state index contributed by atoms with van der Waals surface area (Å²) in [4.78, 5) is 4.36. The number of nitrogens with two attached hydrogens (primary N) is 1. The van der Waals surface area contributed by atoms with Crippen molar-refractivity contribution >= 4 is 11.6 Å². The van der Waals surface area contributed by atoms with Crippen LogP contribution in [0, 0.1) is 0 Å². The number of nitrogens with zero attached hydrogens (tertiary/aromatic N) is 1. The lowest BCUT2D eigenvalue weighted by Crippen LogP contribution is -2.23. The normalized spacial score (nSPS) is 11.7. The Kier molecular flexibility index (Phi) is 6.03. The number of benzene rings is 2. The van der Waals surface area contributed by atoms with Crippen LogP contribution in [0.5, 0.6) is 5.75 Å². The molecule has 2 aromatic rings. The second kappa shape index (κ2) is 8.22. The van der Waals surface area contributed by atoms with Crippen LogP contribution in [0.2, 0.25) is 0 Å². The lowest BCUT2D eigenvalue weighted by molar-refractivity contribution is 0.475. The summed E-state index contributed by atoms with van der Waals surface area (Å²) in [7, 11) is 0. The summed E-state index contributed by atoms with van der Waals surface area (Å²) >= 11 is 0. The molecule has 4 N–H and O–H groups in total. The zero-order chi connectivity index (χ0) is 16.7. The van der Waals surface area contributed by atoms with E-state index in [0.717, 1.165) is 18.5 Å². The van der Waals surface area contributed by atoms with Crippen LogP contribution < -0.4 is 11.1 Å². The zero-order valence-corrected chi connectivity index (χ0v) is 13.8. The van der Waals surface area contributed by atoms with Crippen molar-refractivity contribution in [2.24, 2.45) is 10.7 Å². The van der Waals surface area contributed by atoms with Gasteiger partial charge in [-0.25, -0.2) is 0 Å². The van der Waals surface area contributed by atoms with Gasteiger partial charge < -0.3 is 16.2 Å². The Morgan fingerprint density at radius 3 is 2.61 bits per heavy atom. The van der Waals surface area contributed by atoms with Crippen LogP contribution in [-0.2, 0) is 6.42 Å². The highest BCUT2D eigenvalue weighted by atomic mass is 16.3. The zero-order valence-electron chi connectivity index (χ0n) is 13.8. The number of hydrogen-bond donors (Lipinski definition) is 3. The molecule has 0 unspecified atom stereocenters. The van der Waals surface area contributed by atoms with E-state index in [1.54, 1.807) is 12.1 Å². The summed E-state index contributed by atoms with van der Waals surface area (Å²) in [5.74, 6) is 1.22. The Hall–Kier alpha value is -2.49. The highest BCUT2D eigenvalue weighted by Gasteiger charge is 2.01. The average molecular weight is 311 g/mol. The van der Waals surface area contributed by atoms with Crippen molar-refractivity contribution in [2.75, 3.05) is 11.9 Å². The number of rotatable bonds is 6. The van der Waals surface area contributed by atoms with E-state index in [9.17, 15) is 5.11 Å². The van der Waals surface area contributed by atoms with Crippen molar-refractivity contribution in [3.05, 3.63) is 59.7 Å². The standard InChI is InChI=1S/C19H25N3O/c1-14(2)16-6-3-7-17(13-16)22-19(20)21-12-4-5-15-8-10-18(23)11-9-15/h3,6-11,13-14,23H,4-5,12H2,1-2H3,(H3,20,21,22). The van der Waals surface area contributed by atoms with E-state index in [-0.39, 0.29) is 0 Å². The molecule has 0 spiro atoms. The Balaban J connectivity index is 1.81. The van der Waals surface area contributed by atoms with Gasteiger partial charge in [-0.15, -0.1) is 0 Å². The molecule has 0 amide bonds. The summed E-state index contributed by atoms with van der Waals surface area (Å²) in [6.45, 7) is 5.00. The number of nitrogens with one attached hydrogen (secondary N) is 1. The Bertz CT molecular complexity index is 648. The summed E-state index contributed by atoms with van der Waals surface area (Å²) < 4.78 is 0. The molecule has 0 bridgehead atoms. The van der Waals surface area contributed by atoms with Gasteiger partial charge in [-0.05, 0) is 54.2 Å². The minimum atomic E-state index is 0.295. The number of aryl methyl sites for hydroxylation is 1. The average Bonchev–Trinajstić information content (AvgIpc) is 2.53. The largest absolute Gasteiger partial charge is 0.508 e. The number of hydrogen-bond acceptors (Lipinski definition) is 2. The molecule has 0 saturated carbocycles. The maximum atomic E-state index is 9.25. The number of phenols is 1. The number of phenolic OH excluding ortho intramolecular Hbond substituents is 1. The van der Waals surface area contributed by atoms with Crippen LogP contribution in [0.3, 0.4) is 0 Å². The maximum absolute atomic E-state index is 9.25. The van der Waals surface area contributed by atoms with E-state index in [4.69, 9.17) is 5.73 Å². The first-order valence-corrected chi connectivity index (χ1v) is 7.99. The highest BCUT2D eigenvalue weighted by Crippen LogP contribution is 2.18. The molecule has 23 heavy (non-hydrogen) atoms. The second-order valence-corrected chi connectivity index (χ2v) is 5.94. The van der Waals surface area contributed by atoms with Gasteiger partial charge in [0.2, 0.25) is 0 Å². The number of aromatic hydroxyl groups is 1. The van der Waals surface area contributed by atoms with E-state index in [1.807, 2.05) is 24.3 Å². The van der Waals surface area contributed by atoms with Crippen LogP contribution in [0.15, 0.2) is 53.5 Å². The number of anilines is 1. The van der Waals surface area contributed by atoms with Gasteiger partial charge in [-0.3, -0.25) is 4.99 Å². The van der Waals surface area contributed by atoms with E-state index in [0.29, 0.717) is 24.2 Å². The first-order chi connectivity index (χ1) is 11.0. The van der Waals surface area contributed by atoms with Crippen LogP contribution >= 0.6 is 0 Å². The van der Waals surface area contributed by atoms with Crippen LogP contribution in [-0.4, -0.2) is 17.6 Å². The maximum Gasteiger partial charge on any atom is 0.193 e. The van der Waals surface area contributed by atoms with Crippen molar-refractivity contribution in [3.63, 3.8) is 0 Å². The molecule has 0 fully saturated rings. The molecule has 2 aromatic carbocycles. The minimum absolute atomic E-state index is 0.295. The molecular formula is C19H25N3O. The molecule has 0 aliphatic rings. The fourth-order valence-electron chi connectivity index (χ4n) is 2.31. The predicted molar refractivity (Wildman–Crippen MR) is 97.1 cm³/mol. The van der Waals surface area contributed by atoms with Gasteiger partial charge in [-0.1, -0.05) is 38.1 Å². The smallest absolute Gasteiger partial charge is 0.193 e. The van der Waals surface area contributed by atoms with E-state index in [2.05, 4.69) is 36.3 Å². The van der Waals surface area contributed by atoms with E-state index < -0.39 is 0 Å². The van der Waals surface area contributed by atoms with Gasteiger partial charge in [0.25, 0.3) is 0 Å². The molecule has 4 heteroatoms. The van der Waals surface area contributed by atoms with Gasteiger partial charge in [0.1, 0.15) is 5.75 Å². The quantitative estimate of drug-likeness (QED) is 0.431. The lowest BCUT2D eigenvalue weighted by Gasteiger charge is -2.10. The first kappa shape index (κ1) is 16.9. The van der Waals surface area contributed by atoms with Crippen molar-refractivity contribution in [1.29, 1.82) is 0 Å². The third-order valence-corrected chi connectivity index (χ3v) is 3.67. The monoisotopic (exact) mass is 311 g/mol. The fourth-order valence-corrected chi connectivity index (χ4v) is 2.31. The van der Waals surface area contributed by atoms with Crippen LogP contribution in [0.4, 0.5) is 5.69 Å². The third kappa shape index (κ3) is 5.66. The fraction of sp³-hybridized carbons (Fsp3) is 0.316. The molecule has 4 nitrogen and oxygen atoms in total. The molecule has 0 aliphatic carbocycles. The van der Waals surface area contributed by atoms with Crippen LogP contribution in [0.25, 0.3) is 0 Å². The third-order valence-electron chi connectivity index (χ3n) is 3.67. The van der Waals surface area contributed by atoms with Gasteiger partial charge >= 0.3 is 0 Å². The summed E-state index contributed by atoms with van der Waals surface area (Å²) in [6.07, 6.45) is 1.83.